The van der Waals surface area contributed by atoms with Gasteiger partial charge in [-0.15, -0.1) is 0 Å². The monoisotopic (exact) mass is 594 g/mol. The van der Waals surface area contributed by atoms with E-state index in [4.69, 9.17) is 21.6 Å². The van der Waals surface area contributed by atoms with Crippen molar-refractivity contribution in [2.24, 2.45) is 0 Å². The average molecular weight is 595 g/mol. The molecule has 0 saturated heterocycles. The van der Waals surface area contributed by atoms with Gasteiger partial charge in [0.2, 0.25) is 0 Å². The number of urea groups is 1. The highest BCUT2D eigenvalue weighted by Crippen LogP contribution is 2.36. The van der Waals surface area contributed by atoms with Gasteiger partial charge in [0.25, 0.3) is 11.8 Å². The number of carbonyl (C=O) groups excluding carboxylic acids is 3. The molecule has 0 aliphatic carbocycles. The van der Waals surface area contributed by atoms with E-state index >= 15 is 0 Å². The van der Waals surface area contributed by atoms with Gasteiger partial charge < -0.3 is 15.4 Å². The van der Waals surface area contributed by atoms with Crippen LogP contribution in [0.3, 0.4) is 0 Å². The molecule has 42 heavy (non-hydrogen) atoms. The second kappa shape index (κ2) is 12.7. The SMILES string of the molecule is N#Cc1ccc(C(=O)NNC(=O)c2cc(Oc3ccc(NC(=O)Nc4ccc(Cl)c(C(F)(F)F)c4)cc3)ccn2)cc1. The normalized spacial score (nSPS) is 10.6. The minimum atomic E-state index is -4.68. The molecule has 0 unspecified atom stereocenters. The first-order valence-electron chi connectivity index (χ1n) is 11.8. The Labute approximate surface area is 241 Å². The van der Waals surface area contributed by atoms with Crippen molar-refractivity contribution in [3.63, 3.8) is 0 Å². The summed E-state index contributed by atoms with van der Waals surface area (Å²) in [7, 11) is 0. The van der Waals surface area contributed by atoms with E-state index in [2.05, 4.69) is 26.5 Å². The first-order valence-corrected chi connectivity index (χ1v) is 12.2. The van der Waals surface area contributed by atoms with Gasteiger partial charge in [0.05, 0.1) is 22.2 Å². The van der Waals surface area contributed by atoms with E-state index in [0.29, 0.717) is 17.0 Å². The number of nitrogens with one attached hydrogen (secondary N) is 4. The molecule has 0 fully saturated rings. The number of aromatic nitrogens is 1. The number of nitriles is 1. The van der Waals surface area contributed by atoms with Gasteiger partial charge in [-0.05, 0) is 72.8 Å². The summed E-state index contributed by atoms with van der Waals surface area (Å²) >= 11 is 5.59. The Balaban J connectivity index is 1.31. The molecule has 4 amide bonds. The summed E-state index contributed by atoms with van der Waals surface area (Å²) in [5, 5.41) is 13.1. The van der Waals surface area contributed by atoms with Gasteiger partial charge in [-0.3, -0.25) is 25.4 Å². The number of hydrazine groups is 1. The zero-order valence-electron chi connectivity index (χ0n) is 21.1. The van der Waals surface area contributed by atoms with Crippen molar-refractivity contribution in [2.75, 3.05) is 10.6 Å². The number of amides is 4. The Kier molecular flexibility index (Phi) is 8.89. The van der Waals surface area contributed by atoms with Crippen molar-refractivity contribution in [3.8, 4) is 17.6 Å². The van der Waals surface area contributed by atoms with E-state index < -0.39 is 34.6 Å². The van der Waals surface area contributed by atoms with Gasteiger partial charge >= 0.3 is 12.2 Å². The van der Waals surface area contributed by atoms with Crippen LogP contribution in [0.4, 0.5) is 29.3 Å². The third kappa shape index (κ3) is 7.74. The summed E-state index contributed by atoms with van der Waals surface area (Å²) in [5.41, 5.74) is 4.20. The number of pyridine rings is 1. The lowest BCUT2D eigenvalue weighted by Gasteiger charge is -2.13. The minimum Gasteiger partial charge on any atom is -0.457 e. The number of anilines is 2. The summed E-state index contributed by atoms with van der Waals surface area (Å²) in [6.07, 6.45) is -3.35. The fourth-order valence-corrected chi connectivity index (χ4v) is 3.63. The van der Waals surface area contributed by atoms with Crippen LogP contribution in [0.5, 0.6) is 11.5 Å². The molecule has 4 rings (SSSR count). The number of benzene rings is 3. The highest BCUT2D eigenvalue weighted by atomic mass is 35.5. The van der Waals surface area contributed by atoms with Gasteiger partial charge in [-0.2, -0.15) is 18.4 Å². The molecule has 4 N–H and O–H groups in total. The molecular formula is C28H18ClF3N6O4. The van der Waals surface area contributed by atoms with E-state index in [0.717, 1.165) is 12.1 Å². The maximum atomic E-state index is 13.0. The number of hydrogen-bond acceptors (Lipinski definition) is 6. The fourth-order valence-electron chi connectivity index (χ4n) is 3.40. The zero-order chi connectivity index (χ0) is 30.3. The number of nitrogens with zero attached hydrogens (tertiary/aromatic N) is 2. The van der Waals surface area contributed by atoms with Crippen molar-refractivity contribution >= 4 is 40.8 Å². The van der Waals surface area contributed by atoms with Gasteiger partial charge in [0.1, 0.15) is 17.2 Å². The van der Waals surface area contributed by atoms with Crippen LogP contribution in [-0.2, 0) is 6.18 Å². The summed E-state index contributed by atoms with van der Waals surface area (Å²) in [5.74, 6) is -0.728. The fraction of sp³-hybridized carbons (Fsp3) is 0.0357. The van der Waals surface area contributed by atoms with Crippen LogP contribution in [0.1, 0.15) is 32.0 Å². The van der Waals surface area contributed by atoms with E-state index in [9.17, 15) is 27.6 Å². The van der Waals surface area contributed by atoms with Gasteiger partial charge in [0.15, 0.2) is 0 Å². The highest BCUT2D eigenvalue weighted by molar-refractivity contribution is 6.31. The Morgan fingerprint density at radius 1 is 0.810 bits per heavy atom. The molecule has 1 heterocycles. The van der Waals surface area contributed by atoms with Crippen LogP contribution in [-0.4, -0.2) is 22.8 Å². The zero-order valence-corrected chi connectivity index (χ0v) is 21.9. The van der Waals surface area contributed by atoms with Gasteiger partial charge in [-0.1, -0.05) is 11.6 Å². The molecule has 212 valence electrons. The van der Waals surface area contributed by atoms with Crippen LogP contribution in [0.2, 0.25) is 5.02 Å². The quantitative estimate of drug-likeness (QED) is 0.197. The van der Waals surface area contributed by atoms with Crippen LogP contribution in [0.15, 0.2) is 85.1 Å². The maximum Gasteiger partial charge on any atom is 0.417 e. The highest BCUT2D eigenvalue weighted by Gasteiger charge is 2.33. The van der Waals surface area contributed by atoms with Crippen LogP contribution >= 0.6 is 11.6 Å². The lowest BCUT2D eigenvalue weighted by Crippen LogP contribution is -2.41. The largest absolute Gasteiger partial charge is 0.457 e. The molecule has 0 atom stereocenters. The van der Waals surface area contributed by atoms with E-state index in [1.54, 1.807) is 0 Å². The van der Waals surface area contributed by atoms with E-state index in [1.807, 2.05) is 6.07 Å². The molecule has 14 heteroatoms. The second-order valence-electron chi connectivity index (χ2n) is 8.37. The van der Waals surface area contributed by atoms with Crippen LogP contribution < -0.4 is 26.2 Å². The predicted molar refractivity (Wildman–Crippen MR) is 146 cm³/mol. The lowest BCUT2D eigenvalue weighted by atomic mass is 10.1. The van der Waals surface area contributed by atoms with Gasteiger partial charge in [-0.25, -0.2) is 4.79 Å². The summed E-state index contributed by atoms with van der Waals surface area (Å²) in [6, 6.07) is 18.8. The molecule has 4 aromatic rings. The second-order valence-corrected chi connectivity index (χ2v) is 8.78. The van der Waals surface area contributed by atoms with Crippen LogP contribution in [0.25, 0.3) is 0 Å². The number of carbonyl (C=O) groups is 3. The molecule has 0 radical (unpaired) electrons. The van der Waals surface area contributed by atoms with Crippen molar-refractivity contribution < 1.29 is 32.3 Å². The number of rotatable bonds is 6. The smallest absolute Gasteiger partial charge is 0.417 e. The molecule has 0 saturated carbocycles. The first-order chi connectivity index (χ1) is 20.0. The molecule has 0 aliphatic rings. The molecule has 3 aromatic carbocycles. The molecule has 1 aromatic heterocycles. The summed E-state index contributed by atoms with van der Waals surface area (Å²) in [4.78, 5) is 40.9. The first kappa shape index (κ1) is 29.4. The maximum absolute atomic E-state index is 13.0. The Morgan fingerprint density at radius 2 is 1.45 bits per heavy atom. The van der Waals surface area contributed by atoms with Gasteiger partial charge in [0, 0.05) is 29.2 Å². The van der Waals surface area contributed by atoms with E-state index in [1.165, 1.54) is 72.9 Å². The molecular weight excluding hydrogens is 577 g/mol. The number of ether oxygens (including phenoxy) is 1. The van der Waals surface area contributed by atoms with Crippen molar-refractivity contribution in [3.05, 3.63) is 112 Å². The molecule has 10 nitrogen and oxygen atoms in total. The lowest BCUT2D eigenvalue weighted by molar-refractivity contribution is -0.137. The Bertz CT molecular complexity index is 1670. The topological polar surface area (TPSA) is 145 Å². The molecule has 0 aliphatic heterocycles. The third-order valence-corrected chi connectivity index (χ3v) is 5.74. The average Bonchev–Trinajstić information content (AvgIpc) is 2.97. The summed E-state index contributed by atoms with van der Waals surface area (Å²) in [6.45, 7) is 0. The minimum absolute atomic E-state index is 0.0570. The van der Waals surface area contributed by atoms with Crippen molar-refractivity contribution in [2.45, 2.75) is 6.18 Å². The van der Waals surface area contributed by atoms with Crippen molar-refractivity contribution in [1.82, 2.24) is 15.8 Å². The van der Waals surface area contributed by atoms with Crippen LogP contribution in [0, 0.1) is 11.3 Å². The Morgan fingerprint density at radius 3 is 2.12 bits per heavy atom. The molecule has 0 bridgehead atoms. The number of hydrogen-bond donors (Lipinski definition) is 4. The number of alkyl halides is 3. The van der Waals surface area contributed by atoms with E-state index in [-0.39, 0.29) is 22.7 Å². The third-order valence-electron chi connectivity index (χ3n) is 5.41. The number of halogens is 4. The summed E-state index contributed by atoms with van der Waals surface area (Å²) < 4.78 is 44.8. The predicted octanol–water partition coefficient (Wildman–Crippen LogP) is 6.14. The van der Waals surface area contributed by atoms with Crippen molar-refractivity contribution in [1.29, 1.82) is 5.26 Å². The standard InChI is InChI=1S/C28H18ClF3N6O4/c29-23-10-7-19(13-22(23)28(30,31)32)36-27(41)35-18-5-8-20(9-6-18)42-21-11-12-34-24(14-21)26(40)38-37-25(39)17-3-1-16(15-33)2-4-17/h1-14H,(H,37,39)(H,38,40)(H2,35,36,41). The Hall–Kier alpha value is -5.61. The molecule has 0 spiro atoms.